The predicted molar refractivity (Wildman–Crippen MR) is 123 cm³/mol. The standard InChI is InChI=1S/C23H23N5O3S/c1-3-31-22(30)21-16(2)32-23(24-21)27(14-13-17-9-5-4-6-10-17)20(29)15-28-19-12-8-7-11-18(19)25-26-28/h4-12H,3,13-15H2,1-2H3. The maximum Gasteiger partial charge on any atom is 0.358 e. The Labute approximate surface area is 189 Å². The summed E-state index contributed by atoms with van der Waals surface area (Å²) in [6.07, 6.45) is 0.651. The van der Waals surface area contributed by atoms with Crippen molar-refractivity contribution in [3.63, 3.8) is 0 Å². The Hall–Kier alpha value is -3.59. The lowest BCUT2D eigenvalue weighted by atomic mass is 10.1. The number of hydrogen-bond acceptors (Lipinski definition) is 7. The van der Waals surface area contributed by atoms with Crippen LogP contribution in [0.2, 0.25) is 0 Å². The van der Waals surface area contributed by atoms with Crippen molar-refractivity contribution in [1.82, 2.24) is 20.0 Å². The number of benzene rings is 2. The van der Waals surface area contributed by atoms with E-state index >= 15 is 0 Å². The third-order valence-electron chi connectivity index (χ3n) is 4.96. The lowest BCUT2D eigenvalue weighted by molar-refractivity contribution is -0.119. The SMILES string of the molecule is CCOC(=O)c1nc(N(CCc2ccccc2)C(=O)Cn2nnc3ccccc32)sc1C. The molecule has 9 heteroatoms. The molecule has 0 spiro atoms. The van der Waals surface area contributed by atoms with Gasteiger partial charge in [0, 0.05) is 11.4 Å². The van der Waals surface area contributed by atoms with Crippen LogP contribution in [-0.4, -0.2) is 45.0 Å². The molecule has 2 aromatic carbocycles. The van der Waals surface area contributed by atoms with Gasteiger partial charge in [0.15, 0.2) is 10.8 Å². The zero-order valence-corrected chi connectivity index (χ0v) is 18.7. The summed E-state index contributed by atoms with van der Waals surface area (Å²) in [5.74, 6) is -0.661. The van der Waals surface area contributed by atoms with Crippen LogP contribution in [0.3, 0.4) is 0 Å². The molecule has 8 nitrogen and oxygen atoms in total. The molecule has 4 aromatic rings. The average molecular weight is 450 g/mol. The third-order valence-corrected chi connectivity index (χ3v) is 5.95. The number of rotatable bonds is 8. The monoisotopic (exact) mass is 449 g/mol. The highest BCUT2D eigenvalue weighted by Crippen LogP contribution is 2.27. The maximum absolute atomic E-state index is 13.4. The number of carbonyl (C=O) groups is 2. The molecule has 0 saturated heterocycles. The summed E-state index contributed by atoms with van der Waals surface area (Å²) < 4.78 is 6.69. The molecule has 0 aliphatic rings. The molecule has 2 heterocycles. The number of aryl methyl sites for hydroxylation is 1. The molecule has 0 bridgehead atoms. The molecule has 32 heavy (non-hydrogen) atoms. The summed E-state index contributed by atoms with van der Waals surface area (Å²) in [5.41, 5.74) is 2.86. The first-order valence-corrected chi connectivity index (χ1v) is 11.2. The highest BCUT2D eigenvalue weighted by Gasteiger charge is 2.24. The Balaban J connectivity index is 1.62. The highest BCUT2D eigenvalue weighted by atomic mass is 32.1. The number of nitrogens with zero attached hydrogens (tertiary/aromatic N) is 5. The molecule has 0 aliphatic heterocycles. The van der Waals surface area contributed by atoms with Gasteiger partial charge in [-0.05, 0) is 38.0 Å². The van der Waals surface area contributed by atoms with Gasteiger partial charge >= 0.3 is 5.97 Å². The second kappa shape index (κ2) is 9.69. The first-order chi connectivity index (χ1) is 15.6. The molecule has 4 rings (SSSR count). The van der Waals surface area contributed by atoms with Crippen LogP contribution in [0.4, 0.5) is 5.13 Å². The van der Waals surface area contributed by atoms with Crippen LogP contribution < -0.4 is 4.90 Å². The summed E-state index contributed by atoms with van der Waals surface area (Å²) in [5, 5.41) is 8.73. The molecule has 0 saturated carbocycles. The molecule has 0 N–H and O–H groups in total. The lowest BCUT2D eigenvalue weighted by Crippen LogP contribution is -2.36. The highest BCUT2D eigenvalue weighted by molar-refractivity contribution is 7.16. The van der Waals surface area contributed by atoms with Crippen molar-refractivity contribution < 1.29 is 14.3 Å². The fraction of sp³-hybridized carbons (Fsp3) is 0.261. The van der Waals surface area contributed by atoms with Crippen LogP contribution in [0.5, 0.6) is 0 Å². The van der Waals surface area contributed by atoms with E-state index in [0.717, 1.165) is 16.6 Å². The fourth-order valence-electron chi connectivity index (χ4n) is 3.35. The Kier molecular flexibility index (Phi) is 6.55. The van der Waals surface area contributed by atoms with Gasteiger partial charge in [0.05, 0.1) is 12.1 Å². The minimum absolute atomic E-state index is 0.0165. The zero-order chi connectivity index (χ0) is 22.5. The number of esters is 1. The number of fused-ring (bicyclic) bond motifs is 1. The lowest BCUT2D eigenvalue weighted by Gasteiger charge is -2.20. The van der Waals surface area contributed by atoms with Crippen LogP contribution >= 0.6 is 11.3 Å². The molecular weight excluding hydrogens is 426 g/mol. The van der Waals surface area contributed by atoms with Crippen LogP contribution in [0.1, 0.15) is 27.9 Å². The normalized spacial score (nSPS) is 10.9. The number of para-hydroxylation sites is 1. The minimum Gasteiger partial charge on any atom is -0.461 e. The van der Waals surface area contributed by atoms with E-state index in [9.17, 15) is 9.59 Å². The Morgan fingerprint density at radius 2 is 1.84 bits per heavy atom. The first-order valence-electron chi connectivity index (χ1n) is 10.3. The molecule has 1 amide bonds. The number of thiazole rings is 1. The topological polar surface area (TPSA) is 90.2 Å². The summed E-state index contributed by atoms with van der Waals surface area (Å²) in [6.45, 7) is 4.26. The Bertz CT molecular complexity index is 1230. The Morgan fingerprint density at radius 1 is 1.09 bits per heavy atom. The van der Waals surface area contributed by atoms with Crippen molar-refractivity contribution in [2.75, 3.05) is 18.1 Å². The van der Waals surface area contributed by atoms with Crippen molar-refractivity contribution in [2.24, 2.45) is 0 Å². The summed E-state index contributed by atoms with van der Waals surface area (Å²) in [4.78, 5) is 32.4. The van der Waals surface area contributed by atoms with E-state index in [0.29, 0.717) is 23.0 Å². The van der Waals surface area contributed by atoms with E-state index in [1.54, 1.807) is 23.4 Å². The number of amides is 1. The van der Waals surface area contributed by atoms with E-state index in [1.165, 1.54) is 11.3 Å². The van der Waals surface area contributed by atoms with E-state index in [2.05, 4.69) is 15.3 Å². The van der Waals surface area contributed by atoms with E-state index in [4.69, 9.17) is 4.74 Å². The number of anilines is 1. The smallest absolute Gasteiger partial charge is 0.358 e. The van der Waals surface area contributed by atoms with E-state index in [1.807, 2.05) is 54.6 Å². The van der Waals surface area contributed by atoms with E-state index < -0.39 is 5.97 Å². The average Bonchev–Trinajstić information content (AvgIpc) is 3.38. The van der Waals surface area contributed by atoms with Gasteiger partial charge in [0.1, 0.15) is 12.1 Å². The van der Waals surface area contributed by atoms with Crippen molar-refractivity contribution >= 4 is 39.4 Å². The van der Waals surface area contributed by atoms with Gasteiger partial charge in [-0.3, -0.25) is 9.69 Å². The third kappa shape index (κ3) is 4.67. The number of ether oxygens (including phenoxy) is 1. The van der Waals surface area contributed by atoms with Gasteiger partial charge in [-0.25, -0.2) is 14.5 Å². The van der Waals surface area contributed by atoms with Crippen LogP contribution in [-0.2, 0) is 22.5 Å². The van der Waals surface area contributed by atoms with E-state index in [-0.39, 0.29) is 24.8 Å². The number of carbonyl (C=O) groups excluding carboxylic acids is 2. The van der Waals surface area contributed by atoms with Gasteiger partial charge < -0.3 is 4.74 Å². The second-order valence-electron chi connectivity index (χ2n) is 7.14. The van der Waals surface area contributed by atoms with Gasteiger partial charge in [-0.2, -0.15) is 0 Å². The molecule has 0 fully saturated rings. The van der Waals surface area contributed by atoms with Gasteiger partial charge in [-0.1, -0.05) is 47.7 Å². The predicted octanol–water partition coefficient (Wildman–Crippen LogP) is 3.65. The molecule has 0 radical (unpaired) electrons. The largest absolute Gasteiger partial charge is 0.461 e. The zero-order valence-electron chi connectivity index (χ0n) is 17.9. The van der Waals surface area contributed by atoms with Gasteiger partial charge in [-0.15, -0.1) is 16.4 Å². The first kappa shape index (κ1) is 21.6. The molecule has 0 atom stereocenters. The number of aromatic nitrogens is 4. The molecule has 2 aromatic heterocycles. The maximum atomic E-state index is 13.4. The number of hydrogen-bond donors (Lipinski definition) is 0. The van der Waals surface area contributed by atoms with Crippen molar-refractivity contribution in [2.45, 2.75) is 26.8 Å². The van der Waals surface area contributed by atoms with Crippen LogP contribution in [0, 0.1) is 6.92 Å². The van der Waals surface area contributed by atoms with Gasteiger partial charge in [0.2, 0.25) is 0 Å². The molecular formula is C23H23N5O3S. The summed E-state index contributed by atoms with van der Waals surface area (Å²) in [6, 6.07) is 17.4. The molecule has 0 unspecified atom stereocenters. The fourth-order valence-corrected chi connectivity index (χ4v) is 4.29. The van der Waals surface area contributed by atoms with Crippen LogP contribution in [0.25, 0.3) is 11.0 Å². The Morgan fingerprint density at radius 3 is 2.62 bits per heavy atom. The van der Waals surface area contributed by atoms with Crippen molar-refractivity contribution in [3.05, 3.63) is 70.7 Å². The van der Waals surface area contributed by atoms with Crippen LogP contribution in [0.15, 0.2) is 54.6 Å². The summed E-state index contributed by atoms with van der Waals surface area (Å²) >= 11 is 1.30. The summed E-state index contributed by atoms with van der Waals surface area (Å²) in [7, 11) is 0. The quantitative estimate of drug-likeness (QED) is 0.382. The second-order valence-corrected chi connectivity index (χ2v) is 8.32. The van der Waals surface area contributed by atoms with Crippen molar-refractivity contribution in [1.29, 1.82) is 0 Å². The minimum atomic E-state index is -0.481. The molecule has 0 aliphatic carbocycles. The van der Waals surface area contributed by atoms with Gasteiger partial charge in [0.25, 0.3) is 5.91 Å². The molecule has 164 valence electrons. The van der Waals surface area contributed by atoms with Crippen molar-refractivity contribution in [3.8, 4) is 0 Å².